The summed E-state index contributed by atoms with van der Waals surface area (Å²) in [5.74, 6) is 0.767. The van der Waals surface area contributed by atoms with Crippen LogP contribution in [0.2, 0.25) is 0 Å². The molecule has 0 aliphatic heterocycles. The summed E-state index contributed by atoms with van der Waals surface area (Å²) in [7, 11) is 3.48. The van der Waals surface area contributed by atoms with Gasteiger partial charge in [-0.2, -0.15) is 0 Å². The normalized spacial score (nSPS) is 9.31. The van der Waals surface area contributed by atoms with Crippen molar-refractivity contribution in [1.29, 1.82) is 0 Å². The Morgan fingerprint density at radius 2 is 2.38 bits per heavy atom. The first-order chi connectivity index (χ1) is 7.19. The second-order valence-electron chi connectivity index (χ2n) is 2.77. The first kappa shape index (κ1) is 15.8. The minimum absolute atomic E-state index is 0. The average Bonchev–Trinajstić information content (AvgIpc) is 2.18. The van der Waals surface area contributed by atoms with Gasteiger partial charge in [-0.05, 0) is 13.5 Å². The fourth-order valence-electron chi connectivity index (χ4n) is 0.974. The number of aryl methyl sites for hydroxylation is 1. The van der Waals surface area contributed by atoms with Gasteiger partial charge in [0.25, 0.3) is 11.2 Å². The Labute approximate surface area is 124 Å². The number of hydrogen-bond donors (Lipinski definition) is 2. The molecule has 0 spiro atoms. The van der Waals surface area contributed by atoms with Crippen molar-refractivity contribution in [3.05, 3.63) is 34.5 Å². The predicted octanol–water partition coefficient (Wildman–Crippen LogP) is 1.10. The molecule has 1 heterocycles. The fraction of sp³-hybridized carbons (Fsp3) is 0.333. The van der Waals surface area contributed by atoms with E-state index >= 15 is 0 Å². The van der Waals surface area contributed by atoms with Gasteiger partial charge in [-0.25, -0.2) is 9.83 Å². The smallest absolute Gasteiger partial charge is 0.271 e. The molecule has 0 atom stereocenters. The molecule has 1 rings (SSSR count). The maximum absolute atomic E-state index is 11.4. The number of nitrogens with zero attached hydrogens (tertiary/aromatic N) is 2. The van der Waals surface area contributed by atoms with Crippen molar-refractivity contribution in [2.45, 2.75) is 12.1 Å². The van der Waals surface area contributed by atoms with Gasteiger partial charge in [-0.1, -0.05) is 11.8 Å². The van der Waals surface area contributed by atoms with Gasteiger partial charge in [0, 0.05) is 38.5 Å². The van der Waals surface area contributed by atoms with Crippen LogP contribution < -0.4 is 10.9 Å². The van der Waals surface area contributed by atoms with Gasteiger partial charge >= 0.3 is 0 Å². The fourth-order valence-corrected chi connectivity index (χ4v) is 1.78. The molecule has 1 radical (unpaired) electrons. The van der Waals surface area contributed by atoms with E-state index in [1.807, 2.05) is 0 Å². The van der Waals surface area contributed by atoms with Crippen LogP contribution in [-0.4, -0.2) is 22.3 Å². The summed E-state index contributed by atoms with van der Waals surface area (Å²) in [6.07, 6.45) is 0. The standard InChI is InChI=1S/C9H11N4OS.Y/c1-6-7(11-3)8(14)13-9(12-6)15-5-4-10-2;/h10H,2,4-5H2,1H3,(H,12,13,14);/q-1;. The molecule has 0 saturated heterocycles. The van der Waals surface area contributed by atoms with Crippen LogP contribution in [-0.2, 0) is 32.7 Å². The molecule has 0 fully saturated rings. The summed E-state index contributed by atoms with van der Waals surface area (Å²) >= 11 is 1.42. The third kappa shape index (κ3) is 4.34. The van der Waals surface area contributed by atoms with Crippen LogP contribution in [0.1, 0.15) is 5.69 Å². The number of aromatic nitrogens is 2. The SMILES string of the molecule is [C-]#[N+]c1c(C)nc(SCCN[CH2-])[nH]c1=O.[Y]. The van der Waals surface area contributed by atoms with Crippen molar-refractivity contribution in [3.8, 4) is 0 Å². The summed E-state index contributed by atoms with van der Waals surface area (Å²) in [5, 5.41) is 3.29. The third-order valence-electron chi connectivity index (χ3n) is 1.68. The first-order valence-electron chi connectivity index (χ1n) is 4.30. The van der Waals surface area contributed by atoms with Crippen molar-refractivity contribution in [1.82, 2.24) is 15.3 Å². The summed E-state index contributed by atoms with van der Waals surface area (Å²) < 4.78 is 0. The van der Waals surface area contributed by atoms with Crippen molar-refractivity contribution in [2.75, 3.05) is 12.3 Å². The monoisotopic (exact) mass is 312 g/mol. The maximum atomic E-state index is 11.4. The van der Waals surface area contributed by atoms with Gasteiger partial charge in [0.1, 0.15) is 0 Å². The van der Waals surface area contributed by atoms with Crippen LogP contribution in [0.25, 0.3) is 4.85 Å². The number of hydrogen-bond acceptors (Lipinski definition) is 4. The van der Waals surface area contributed by atoms with E-state index < -0.39 is 0 Å². The molecule has 83 valence electrons. The summed E-state index contributed by atoms with van der Waals surface area (Å²) in [6, 6.07) is 0. The Kier molecular flexibility index (Phi) is 7.85. The van der Waals surface area contributed by atoms with E-state index in [0.717, 1.165) is 12.3 Å². The molecule has 0 amide bonds. The number of aromatic amines is 1. The van der Waals surface area contributed by atoms with Crippen LogP contribution in [0.4, 0.5) is 5.69 Å². The van der Waals surface area contributed by atoms with E-state index in [1.165, 1.54) is 11.8 Å². The van der Waals surface area contributed by atoms with E-state index in [0.29, 0.717) is 10.9 Å². The zero-order chi connectivity index (χ0) is 11.3. The maximum Gasteiger partial charge on any atom is 0.271 e. The van der Waals surface area contributed by atoms with Crippen LogP contribution in [0.15, 0.2) is 9.95 Å². The number of thioether (sulfide) groups is 1. The summed E-state index contributed by atoms with van der Waals surface area (Å²) in [5.41, 5.74) is 0.163. The molecule has 0 aromatic carbocycles. The first-order valence-corrected chi connectivity index (χ1v) is 5.28. The third-order valence-corrected chi connectivity index (χ3v) is 2.55. The molecule has 0 unspecified atom stereocenters. The second-order valence-corrected chi connectivity index (χ2v) is 3.85. The minimum Gasteiger partial charge on any atom is -0.472 e. The van der Waals surface area contributed by atoms with Crippen LogP contribution in [0, 0.1) is 20.5 Å². The molecule has 0 aliphatic rings. The molecule has 0 saturated carbocycles. The molecule has 1 aromatic heterocycles. The molecule has 5 nitrogen and oxygen atoms in total. The quantitative estimate of drug-likeness (QED) is 0.378. The Bertz CT molecular complexity index is 440. The zero-order valence-corrected chi connectivity index (χ0v) is 12.6. The number of nitrogens with one attached hydrogen (secondary N) is 2. The minimum atomic E-state index is -0.373. The second kappa shape index (κ2) is 7.96. The van der Waals surface area contributed by atoms with Crippen molar-refractivity contribution < 1.29 is 32.7 Å². The van der Waals surface area contributed by atoms with Crippen LogP contribution in [0.3, 0.4) is 0 Å². The van der Waals surface area contributed by atoms with Gasteiger partial charge in [-0.15, -0.1) is 0 Å². The van der Waals surface area contributed by atoms with Crippen LogP contribution in [0.5, 0.6) is 0 Å². The average molecular weight is 312 g/mol. The van der Waals surface area contributed by atoms with E-state index in [9.17, 15) is 4.79 Å². The van der Waals surface area contributed by atoms with Gasteiger partial charge in [0.15, 0.2) is 5.16 Å². The van der Waals surface area contributed by atoms with Gasteiger partial charge < -0.3 is 10.3 Å². The molecular formula is C9H11N4OSY-. The Morgan fingerprint density at radius 3 is 2.88 bits per heavy atom. The molecule has 7 heteroatoms. The van der Waals surface area contributed by atoms with E-state index in [2.05, 4.69) is 27.2 Å². The van der Waals surface area contributed by atoms with Crippen molar-refractivity contribution >= 4 is 17.4 Å². The van der Waals surface area contributed by atoms with E-state index in [-0.39, 0.29) is 44.0 Å². The topological polar surface area (TPSA) is 62.1 Å². The predicted molar refractivity (Wildman–Crippen MR) is 59.9 cm³/mol. The van der Waals surface area contributed by atoms with Gasteiger partial charge in [0.05, 0.1) is 12.3 Å². The number of H-pyrrole nitrogens is 1. The summed E-state index contributed by atoms with van der Waals surface area (Å²) in [4.78, 5) is 21.2. The zero-order valence-electron chi connectivity index (χ0n) is 8.91. The molecule has 1 aromatic rings. The van der Waals surface area contributed by atoms with Gasteiger partial charge in [-0.3, -0.25) is 11.8 Å². The Morgan fingerprint density at radius 1 is 1.69 bits per heavy atom. The molecule has 0 bridgehead atoms. The van der Waals surface area contributed by atoms with Crippen molar-refractivity contribution in [3.63, 3.8) is 0 Å². The van der Waals surface area contributed by atoms with E-state index in [1.54, 1.807) is 6.92 Å². The Balaban J connectivity index is 0.00000225. The van der Waals surface area contributed by atoms with Gasteiger partial charge in [0.2, 0.25) is 0 Å². The molecule has 2 N–H and O–H groups in total. The van der Waals surface area contributed by atoms with E-state index in [4.69, 9.17) is 6.57 Å². The largest absolute Gasteiger partial charge is 0.472 e. The molecular weight excluding hydrogens is 301 g/mol. The Hall–Kier alpha value is -0.216. The van der Waals surface area contributed by atoms with Crippen LogP contribution >= 0.6 is 11.8 Å². The molecule has 16 heavy (non-hydrogen) atoms. The summed E-state index contributed by atoms with van der Waals surface area (Å²) in [6.45, 7) is 9.20. The van der Waals surface area contributed by atoms with Crippen molar-refractivity contribution in [2.24, 2.45) is 0 Å². The number of rotatable bonds is 4. The molecule has 0 aliphatic carbocycles.